The molecule has 0 N–H and O–H groups in total. The van der Waals surface area contributed by atoms with Crippen molar-refractivity contribution in [2.45, 2.75) is 33.6 Å². The average molecular weight is 224 g/mol. The predicted octanol–water partition coefficient (Wildman–Crippen LogP) is 2.81. The third kappa shape index (κ3) is 4.47. The smallest absolute Gasteiger partial charge is 0.430 e. The molecule has 1 aliphatic rings. The third-order valence-corrected chi connectivity index (χ3v) is 2.37. The maximum atomic E-state index is 11.1. The van der Waals surface area contributed by atoms with Crippen LogP contribution in [0.1, 0.15) is 33.6 Å². The lowest BCUT2D eigenvalue weighted by Gasteiger charge is -2.07. The number of amides is 1. The highest BCUT2D eigenvalue weighted by Gasteiger charge is 2.20. The molecule has 1 fully saturated rings. The normalized spacial score (nSPS) is 17.7. The van der Waals surface area contributed by atoms with Gasteiger partial charge < -0.3 is 4.74 Å². The molecule has 1 atom stereocenters. The highest BCUT2D eigenvalue weighted by atomic mass is 16.6. The minimum absolute atomic E-state index is 0.340. The Balaban J connectivity index is 2.27. The highest BCUT2D eigenvalue weighted by molar-refractivity contribution is 5.71. The van der Waals surface area contributed by atoms with Gasteiger partial charge in [0.2, 0.25) is 0 Å². The molecule has 1 rings (SSSR count). The van der Waals surface area contributed by atoms with Crippen molar-refractivity contribution in [1.82, 2.24) is 5.01 Å². The fraction of sp³-hybridized carbons (Fsp3) is 0.667. The topological polar surface area (TPSA) is 41.9 Å². The Morgan fingerprint density at radius 2 is 2.38 bits per heavy atom. The van der Waals surface area contributed by atoms with E-state index >= 15 is 0 Å². The Bertz CT molecular complexity index is 293. The summed E-state index contributed by atoms with van der Waals surface area (Å²) < 4.78 is 4.77. The monoisotopic (exact) mass is 224 g/mol. The number of hydrogen-bond acceptors (Lipinski definition) is 3. The molecule has 4 heteroatoms. The van der Waals surface area contributed by atoms with Crippen molar-refractivity contribution in [3.8, 4) is 0 Å². The summed E-state index contributed by atoms with van der Waals surface area (Å²) >= 11 is 0. The van der Waals surface area contributed by atoms with Crippen LogP contribution in [0.3, 0.4) is 0 Å². The van der Waals surface area contributed by atoms with Gasteiger partial charge in [0, 0.05) is 6.21 Å². The Morgan fingerprint density at radius 3 is 2.94 bits per heavy atom. The molecule has 1 amide bonds. The quantitative estimate of drug-likeness (QED) is 0.532. The SMILES string of the molecule is CC(C)=CCCC(C)C=NN1CCOC1=O. The number of hydrazone groups is 1. The number of rotatable bonds is 5. The molecule has 0 radical (unpaired) electrons. The van der Waals surface area contributed by atoms with Crippen LogP contribution in [0.5, 0.6) is 0 Å². The van der Waals surface area contributed by atoms with Crippen LogP contribution < -0.4 is 0 Å². The summed E-state index contributed by atoms with van der Waals surface area (Å²) in [5.41, 5.74) is 1.34. The lowest BCUT2D eigenvalue weighted by atomic mass is 10.1. The van der Waals surface area contributed by atoms with Gasteiger partial charge in [-0.05, 0) is 32.6 Å². The van der Waals surface area contributed by atoms with E-state index in [9.17, 15) is 4.79 Å². The van der Waals surface area contributed by atoms with Crippen molar-refractivity contribution in [3.05, 3.63) is 11.6 Å². The van der Waals surface area contributed by atoms with E-state index in [2.05, 4.69) is 31.9 Å². The molecule has 1 unspecified atom stereocenters. The number of hydrogen-bond donors (Lipinski definition) is 0. The van der Waals surface area contributed by atoms with E-state index in [0.29, 0.717) is 19.1 Å². The molecule has 16 heavy (non-hydrogen) atoms. The zero-order chi connectivity index (χ0) is 12.0. The number of nitrogens with zero attached hydrogens (tertiary/aromatic N) is 2. The van der Waals surface area contributed by atoms with Crippen LogP contribution in [0.15, 0.2) is 16.8 Å². The van der Waals surface area contributed by atoms with Gasteiger partial charge in [0.05, 0.1) is 6.54 Å². The molecule has 0 aromatic carbocycles. The van der Waals surface area contributed by atoms with Crippen molar-refractivity contribution in [2.75, 3.05) is 13.2 Å². The van der Waals surface area contributed by atoms with E-state index < -0.39 is 0 Å². The molecule has 4 nitrogen and oxygen atoms in total. The molecule has 0 saturated carbocycles. The number of allylic oxidation sites excluding steroid dienone is 2. The Labute approximate surface area is 97.0 Å². The van der Waals surface area contributed by atoms with Gasteiger partial charge in [-0.2, -0.15) is 10.1 Å². The zero-order valence-corrected chi connectivity index (χ0v) is 10.3. The van der Waals surface area contributed by atoms with E-state index in [4.69, 9.17) is 4.74 Å². The maximum absolute atomic E-state index is 11.1. The van der Waals surface area contributed by atoms with Gasteiger partial charge >= 0.3 is 6.09 Å². The van der Waals surface area contributed by atoms with Gasteiger partial charge in [0.25, 0.3) is 0 Å². The Morgan fingerprint density at radius 1 is 1.62 bits per heavy atom. The standard InChI is InChI=1S/C12H20N2O2/c1-10(2)5-4-6-11(3)9-13-14-7-8-16-12(14)15/h5,9,11H,4,6-8H2,1-3H3. The van der Waals surface area contributed by atoms with E-state index in [1.54, 1.807) is 0 Å². The molecular formula is C12H20N2O2. The summed E-state index contributed by atoms with van der Waals surface area (Å²) in [4.78, 5) is 11.1. The molecule has 0 aromatic rings. The van der Waals surface area contributed by atoms with Crippen LogP contribution in [0.4, 0.5) is 4.79 Å². The molecule has 90 valence electrons. The van der Waals surface area contributed by atoms with E-state index in [1.165, 1.54) is 10.6 Å². The van der Waals surface area contributed by atoms with Crippen molar-refractivity contribution in [1.29, 1.82) is 0 Å². The van der Waals surface area contributed by atoms with Crippen LogP contribution in [0.25, 0.3) is 0 Å². The molecule has 0 aliphatic carbocycles. The number of carbonyl (C=O) groups is 1. The Kier molecular flexibility index (Phi) is 5.02. The zero-order valence-electron chi connectivity index (χ0n) is 10.3. The summed E-state index contributed by atoms with van der Waals surface area (Å²) in [6.45, 7) is 7.31. The molecule has 0 aromatic heterocycles. The van der Waals surface area contributed by atoms with Crippen molar-refractivity contribution >= 4 is 12.3 Å². The second-order valence-electron chi connectivity index (χ2n) is 4.34. The minimum atomic E-state index is -0.340. The molecule has 1 heterocycles. The highest BCUT2D eigenvalue weighted by Crippen LogP contribution is 2.08. The average Bonchev–Trinajstić information content (AvgIpc) is 2.60. The number of cyclic esters (lactones) is 1. The summed E-state index contributed by atoms with van der Waals surface area (Å²) in [6, 6.07) is 0. The predicted molar refractivity (Wildman–Crippen MR) is 64.4 cm³/mol. The van der Waals surface area contributed by atoms with Crippen LogP contribution in [0, 0.1) is 5.92 Å². The summed E-state index contributed by atoms with van der Waals surface area (Å²) in [6.07, 6.45) is 5.81. The first kappa shape index (κ1) is 12.7. The van der Waals surface area contributed by atoms with E-state index in [1.807, 2.05) is 6.21 Å². The van der Waals surface area contributed by atoms with Gasteiger partial charge in [-0.3, -0.25) is 0 Å². The van der Waals surface area contributed by atoms with Crippen LogP contribution in [0.2, 0.25) is 0 Å². The molecule has 0 bridgehead atoms. The second kappa shape index (κ2) is 6.30. The molecule has 1 saturated heterocycles. The first-order valence-electron chi connectivity index (χ1n) is 5.71. The van der Waals surface area contributed by atoms with Crippen molar-refractivity contribution in [3.63, 3.8) is 0 Å². The van der Waals surface area contributed by atoms with Crippen LogP contribution in [-0.4, -0.2) is 30.5 Å². The summed E-state index contributed by atoms with van der Waals surface area (Å²) in [7, 11) is 0. The first-order valence-corrected chi connectivity index (χ1v) is 5.71. The summed E-state index contributed by atoms with van der Waals surface area (Å²) in [5.74, 6) is 0.379. The molecular weight excluding hydrogens is 204 g/mol. The van der Waals surface area contributed by atoms with Gasteiger partial charge in [-0.15, -0.1) is 0 Å². The lowest BCUT2D eigenvalue weighted by molar-refractivity contribution is 0.159. The van der Waals surface area contributed by atoms with Gasteiger partial charge in [-0.25, -0.2) is 4.79 Å². The lowest BCUT2D eigenvalue weighted by Crippen LogP contribution is -2.18. The number of ether oxygens (including phenoxy) is 1. The van der Waals surface area contributed by atoms with Gasteiger partial charge in [-0.1, -0.05) is 18.6 Å². The fourth-order valence-electron chi connectivity index (χ4n) is 1.39. The van der Waals surface area contributed by atoms with Gasteiger partial charge in [0.15, 0.2) is 0 Å². The molecule has 1 aliphatic heterocycles. The van der Waals surface area contributed by atoms with Crippen molar-refractivity contribution < 1.29 is 9.53 Å². The van der Waals surface area contributed by atoms with E-state index in [-0.39, 0.29) is 6.09 Å². The Hall–Kier alpha value is -1.32. The largest absolute Gasteiger partial charge is 0.446 e. The molecule has 0 spiro atoms. The third-order valence-electron chi connectivity index (χ3n) is 2.37. The van der Waals surface area contributed by atoms with E-state index in [0.717, 1.165) is 12.8 Å². The van der Waals surface area contributed by atoms with Gasteiger partial charge in [0.1, 0.15) is 6.61 Å². The van der Waals surface area contributed by atoms with Crippen molar-refractivity contribution in [2.24, 2.45) is 11.0 Å². The maximum Gasteiger partial charge on any atom is 0.430 e. The summed E-state index contributed by atoms with van der Waals surface area (Å²) in [5, 5.41) is 5.49. The van der Waals surface area contributed by atoms with Crippen LogP contribution >= 0.6 is 0 Å². The number of carbonyl (C=O) groups excluding carboxylic acids is 1. The minimum Gasteiger partial charge on any atom is -0.446 e. The second-order valence-corrected chi connectivity index (χ2v) is 4.34. The first-order chi connectivity index (χ1) is 7.59. The fourth-order valence-corrected chi connectivity index (χ4v) is 1.39. The van der Waals surface area contributed by atoms with Crippen LogP contribution in [-0.2, 0) is 4.74 Å².